The van der Waals surface area contributed by atoms with E-state index in [0.717, 1.165) is 4.90 Å². The van der Waals surface area contributed by atoms with Crippen molar-refractivity contribution >= 4 is 39.7 Å². The molecule has 0 amide bonds. The van der Waals surface area contributed by atoms with Gasteiger partial charge in [-0.25, -0.2) is 0 Å². The molecule has 0 atom stereocenters. The first-order valence-corrected chi connectivity index (χ1v) is 12.0. The van der Waals surface area contributed by atoms with E-state index in [1.165, 1.54) is 21.0 Å². The van der Waals surface area contributed by atoms with Crippen molar-refractivity contribution in [3.63, 3.8) is 0 Å². The van der Waals surface area contributed by atoms with Crippen molar-refractivity contribution in [3.8, 4) is 17.6 Å². The molecule has 2 aromatic heterocycles. The van der Waals surface area contributed by atoms with Gasteiger partial charge >= 0.3 is 0 Å². The van der Waals surface area contributed by atoms with Gasteiger partial charge in [0.15, 0.2) is 5.78 Å². The number of halogens is 1. The fourth-order valence-corrected chi connectivity index (χ4v) is 3.52. The number of ether oxygens (including phenoxy) is 2. The number of carbonyl (C=O) groups excluding carboxylic acids is 1. The van der Waals surface area contributed by atoms with E-state index in [-0.39, 0.29) is 17.4 Å². The van der Waals surface area contributed by atoms with E-state index >= 15 is 0 Å². The molecule has 9 heteroatoms. The SMILES string of the molecule is [2H]/C(=C\C(=O)Cc1c(OC([2H])([2H])C([2H])([2H])[2H])c([2H])c2nc([2H])c(C#N)c(Nc3c([2H])c([2H])c(OCc4nc(C)c([2H])c([2H])c4[2H])c(Cl)c3[2H])c2c1[2H])C([2H])([2H])N(C)C. The van der Waals surface area contributed by atoms with Crippen LogP contribution in [0, 0.1) is 18.3 Å². The third-order valence-corrected chi connectivity index (χ3v) is 5.29. The average Bonchev–Trinajstić information content (AvgIpc) is 3.13. The van der Waals surface area contributed by atoms with Crippen molar-refractivity contribution in [2.75, 3.05) is 32.5 Å². The fraction of sp³-hybridized carbons (Fsp3) is 0.250. The van der Waals surface area contributed by atoms with Gasteiger partial charge in [0.25, 0.3) is 0 Å². The van der Waals surface area contributed by atoms with Gasteiger partial charge in [0, 0.05) is 54.3 Å². The van der Waals surface area contributed by atoms with E-state index in [2.05, 4.69) is 15.3 Å². The summed E-state index contributed by atoms with van der Waals surface area (Å²) in [5.74, 6) is -2.59. The lowest BCUT2D eigenvalue weighted by molar-refractivity contribution is -0.114. The quantitative estimate of drug-likeness (QED) is 0.190. The molecule has 2 heterocycles. The summed E-state index contributed by atoms with van der Waals surface area (Å²) >= 11 is 6.45. The average molecular weight is 587 g/mol. The van der Waals surface area contributed by atoms with E-state index in [9.17, 15) is 11.4 Å². The maximum Gasteiger partial charge on any atom is 0.159 e. The summed E-state index contributed by atoms with van der Waals surface area (Å²) in [6.07, 6.45) is -1.31. The number of likely N-dealkylation sites (N-methyl/N-ethyl adjacent to an activating group) is 1. The van der Waals surface area contributed by atoms with Gasteiger partial charge < -0.3 is 19.7 Å². The third-order valence-electron chi connectivity index (χ3n) is 5.03. The molecule has 8 nitrogen and oxygen atoms in total. The number of fused-ring (bicyclic) bond motifs is 1. The normalized spacial score (nSPS) is 18.3. The molecule has 1 N–H and O–H groups in total. The van der Waals surface area contributed by atoms with Crippen LogP contribution in [-0.4, -0.2) is 47.8 Å². The zero-order valence-electron chi connectivity index (χ0n) is 38.9. The minimum atomic E-state index is -3.55. The van der Waals surface area contributed by atoms with E-state index in [0.29, 0.717) is 6.08 Å². The molecule has 0 aliphatic carbocycles. The van der Waals surface area contributed by atoms with Crippen LogP contribution in [-0.2, 0) is 17.8 Å². The molecular weight excluding hydrogens is 538 g/mol. The number of nitrogens with one attached hydrogen (secondary N) is 1. The van der Waals surface area contributed by atoms with Gasteiger partial charge in [-0.15, -0.1) is 0 Å². The Bertz CT molecular complexity index is 2410. The number of pyridine rings is 2. The monoisotopic (exact) mass is 586 g/mol. The smallest absolute Gasteiger partial charge is 0.159 e. The lowest BCUT2D eigenvalue weighted by atomic mass is 10.0. The Balaban J connectivity index is 1.98. The summed E-state index contributed by atoms with van der Waals surface area (Å²) in [6.45, 7) is -8.63. The molecule has 2 aromatic carbocycles. The first-order valence-electron chi connectivity index (χ1n) is 20.2. The van der Waals surface area contributed by atoms with Crippen LogP contribution >= 0.6 is 11.6 Å². The van der Waals surface area contributed by atoms with Crippen molar-refractivity contribution in [1.29, 1.82) is 5.26 Å². The molecule has 0 saturated carbocycles. The maximum atomic E-state index is 13.3. The molecule has 0 aliphatic heterocycles. The van der Waals surface area contributed by atoms with Crippen LogP contribution in [0.5, 0.6) is 11.5 Å². The Morgan fingerprint density at radius 2 is 2.12 bits per heavy atom. The molecule has 0 bridgehead atoms. The number of aromatic nitrogens is 2. The lowest BCUT2D eigenvalue weighted by Gasteiger charge is -2.16. The highest BCUT2D eigenvalue weighted by Crippen LogP contribution is 2.36. The zero-order chi connectivity index (χ0) is 44.1. The number of rotatable bonds is 12. The van der Waals surface area contributed by atoms with Crippen molar-refractivity contribution in [1.82, 2.24) is 14.9 Å². The molecular formula is C32H32ClN5O3. The number of nitrogens with zero attached hydrogens (tertiary/aromatic N) is 4. The predicted molar refractivity (Wildman–Crippen MR) is 162 cm³/mol. The van der Waals surface area contributed by atoms with Gasteiger partial charge in [0.1, 0.15) is 24.2 Å². The van der Waals surface area contributed by atoms with Crippen LogP contribution in [0.4, 0.5) is 11.4 Å². The minimum absolute atomic E-state index is 0.108. The summed E-state index contributed by atoms with van der Waals surface area (Å²) in [4.78, 5) is 22.3. The largest absolute Gasteiger partial charge is 0.494 e. The molecule has 4 aromatic rings. The molecule has 0 aliphatic rings. The number of anilines is 2. The number of ketones is 1. The summed E-state index contributed by atoms with van der Waals surface area (Å²) in [7, 11) is 2.59. The molecule has 0 fully saturated rings. The summed E-state index contributed by atoms with van der Waals surface area (Å²) < 4.78 is 151. The molecule has 41 heavy (non-hydrogen) atoms. The topological polar surface area (TPSA) is 100 Å². The van der Waals surface area contributed by atoms with Crippen LogP contribution in [0.15, 0.2) is 66.6 Å². The lowest BCUT2D eigenvalue weighted by Crippen LogP contribution is -2.11. The minimum Gasteiger partial charge on any atom is -0.494 e. The van der Waals surface area contributed by atoms with Crippen LogP contribution in [0.1, 0.15) is 52.7 Å². The Morgan fingerprint density at radius 3 is 2.90 bits per heavy atom. The van der Waals surface area contributed by atoms with Gasteiger partial charge in [0.05, 0.1) is 50.5 Å². The number of benzene rings is 2. The van der Waals surface area contributed by atoms with E-state index in [1.807, 2.05) is 0 Å². The molecule has 0 spiro atoms. The third kappa shape index (κ3) is 7.82. The summed E-state index contributed by atoms with van der Waals surface area (Å²) in [5, 5.41) is 11.6. The van der Waals surface area contributed by atoms with Crippen molar-refractivity contribution in [2.24, 2.45) is 0 Å². The van der Waals surface area contributed by atoms with Crippen molar-refractivity contribution < 1.29 is 37.6 Å². The zero-order valence-corrected chi connectivity index (χ0v) is 22.6. The van der Waals surface area contributed by atoms with Gasteiger partial charge in [-0.1, -0.05) is 23.7 Å². The summed E-state index contributed by atoms with van der Waals surface area (Å²) in [5.41, 5.74) is -3.15. The van der Waals surface area contributed by atoms with E-state index in [1.54, 1.807) is 6.07 Å². The van der Waals surface area contributed by atoms with E-state index in [4.69, 9.17) is 43.0 Å². The van der Waals surface area contributed by atoms with Gasteiger partial charge in [0.2, 0.25) is 0 Å². The summed E-state index contributed by atoms with van der Waals surface area (Å²) in [6, 6.07) is -4.37. The Hall–Kier alpha value is -4.45. The number of allylic oxidation sites excluding steroid dienone is 1. The van der Waals surface area contributed by atoms with Crippen LogP contribution in [0.25, 0.3) is 10.9 Å². The predicted octanol–water partition coefficient (Wildman–Crippen LogP) is 6.41. The van der Waals surface area contributed by atoms with Crippen LogP contribution < -0.4 is 14.8 Å². The second-order valence-corrected chi connectivity index (χ2v) is 8.71. The highest BCUT2D eigenvalue weighted by atomic mass is 35.5. The molecule has 4 rings (SSSR count). The van der Waals surface area contributed by atoms with Gasteiger partial charge in [-0.05, 0) is 70.2 Å². The fourth-order valence-electron chi connectivity index (χ4n) is 3.33. The number of aryl methyl sites for hydroxylation is 1. The molecule has 0 unspecified atom stereocenters. The highest BCUT2D eigenvalue weighted by molar-refractivity contribution is 6.32. The van der Waals surface area contributed by atoms with Gasteiger partial charge in [-0.2, -0.15) is 5.26 Å². The standard InChI is InChI=1S/C32H32ClN5O3/c1-5-40-31-17-29-27(15-22(31)14-26(39)10-7-13-38(3)4)32(23(18-34)19-35-29)37-24-11-12-30(28(33)16-24)41-20-25-9-6-8-21(2)36-25/h6-12,15-17,19H,5,13-14,20H2,1-4H3,(H,35,37)/b10-7+/i1D3,5D2,6D,7D,8D,9D,11D,12D,13D2,15D,16D,17D,19D. The Labute approximate surface area is 269 Å². The van der Waals surface area contributed by atoms with Crippen LogP contribution in [0.3, 0.4) is 0 Å². The molecule has 0 saturated heterocycles. The Kier molecular flexibility index (Phi) is 4.84. The molecule has 0 radical (unpaired) electrons. The number of carbonyl (C=O) groups is 1. The molecule has 210 valence electrons. The second kappa shape index (κ2) is 13.8. The first kappa shape index (κ1) is 14.4. The van der Waals surface area contributed by atoms with E-state index < -0.39 is 143 Å². The number of nitriles is 1. The van der Waals surface area contributed by atoms with Crippen LogP contribution in [0.2, 0.25) is 5.02 Å². The van der Waals surface area contributed by atoms with Gasteiger partial charge in [-0.3, -0.25) is 14.8 Å². The first-order chi connectivity index (χ1) is 26.6. The number of hydrogen-bond donors (Lipinski definition) is 1. The number of hydrogen-bond acceptors (Lipinski definition) is 8. The van der Waals surface area contributed by atoms with Crippen molar-refractivity contribution in [2.45, 2.75) is 26.8 Å². The Morgan fingerprint density at radius 1 is 1.27 bits per heavy atom. The maximum absolute atomic E-state index is 13.3. The second-order valence-electron chi connectivity index (χ2n) is 8.33. The van der Waals surface area contributed by atoms with Crippen molar-refractivity contribution in [3.05, 3.63) is 94.2 Å². The highest BCUT2D eigenvalue weighted by Gasteiger charge is 2.16.